The number of rotatable bonds is 2. The van der Waals surface area contributed by atoms with Gasteiger partial charge in [0.2, 0.25) is 0 Å². The van der Waals surface area contributed by atoms with E-state index < -0.39 is 0 Å². The largest absolute Gasteiger partial charge is 0.0587 e. The highest BCUT2D eigenvalue weighted by Crippen LogP contribution is 2.17. The fourth-order valence-corrected chi connectivity index (χ4v) is 3.21. The third-order valence-electron chi connectivity index (χ3n) is 3.03. The lowest BCUT2D eigenvalue weighted by molar-refractivity contribution is 1.41. The van der Waals surface area contributed by atoms with Crippen molar-refractivity contribution in [1.29, 1.82) is 0 Å². The summed E-state index contributed by atoms with van der Waals surface area (Å²) in [4.78, 5) is 0. The van der Waals surface area contributed by atoms with Crippen LogP contribution in [0.25, 0.3) is 0 Å². The monoisotopic (exact) mass is 242 g/mol. The zero-order valence-corrected chi connectivity index (χ0v) is 12.0. The Morgan fingerprint density at radius 1 is 0.647 bits per heavy atom. The van der Waals surface area contributed by atoms with Gasteiger partial charge in [-0.05, 0) is 49.4 Å². The number of benzene rings is 2. The summed E-state index contributed by atoms with van der Waals surface area (Å²) >= 11 is 0. The Labute approximate surface area is 106 Å². The first-order chi connectivity index (χ1) is 8.06. The first-order valence-electron chi connectivity index (χ1n) is 5.98. The van der Waals surface area contributed by atoms with Gasteiger partial charge in [0.1, 0.15) is 0 Å². The molecule has 0 saturated heterocycles. The second-order valence-corrected chi connectivity index (χ2v) is 6.09. The van der Waals surface area contributed by atoms with Crippen LogP contribution in [0, 0.1) is 27.7 Å². The molecule has 0 nitrogen and oxygen atoms in total. The van der Waals surface area contributed by atoms with Crippen molar-refractivity contribution in [2.75, 3.05) is 0 Å². The van der Waals surface area contributed by atoms with E-state index >= 15 is 0 Å². The van der Waals surface area contributed by atoms with Crippen molar-refractivity contribution in [1.82, 2.24) is 0 Å². The van der Waals surface area contributed by atoms with E-state index in [1.807, 2.05) is 0 Å². The molecule has 2 rings (SSSR count). The smallest absolute Gasteiger partial charge is 0.0197 e. The Balaban J connectivity index is 2.31. The Hall–Kier alpha value is -1.13. The molecule has 0 N–H and O–H groups in total. The molecule has 88 valence electrons. The molecule has 0 aliphatic carbocycles. The maximum atomic E-state index is 2.27. The van der Waals surface area contributed by atoms with E-state index in [-0.39, 0.29) is 0 Å². The quantitative estimate of drug-likeness (QED) is 0.706. The molecule has 0 fully saturated rings. The van der Waals surface area contributed by atoms with Gasteiger partial charge in [0.15, 0.2) is 0 Å². The molecular formula is C16H19P. The van der Waals surface area contributed by atoms with Crippen LogP contribution in [0.3, 0.4) is 0 Å². The predicted octanol–water partition coefficient (Wildman–Crippen LogP) is 3.55. The summed E-state index contributed by atoms with van der Waals surface area (Å²) in [6.07, 6.45) is 0. The van der Waals surface area contributed by atoms with Crippen molar-refractivity contribution in [3.8, 4) is 0 Å². The summed E-state index contributed by atoms with van der Waals surface area (Å²) in [6.45, 7) is 8.71. The highest BCUT2D eigenvalue weighted by molar-refractivity contribution is 7.55. The molecule has 0 atom stereocenters. The van der Waals surface area contributed by atoms with Crippen LogP contribution in [0.4, 0.5) is 0 Å². The number of aryl methyl sites for hydroxylation is 4. The van der Waals surface area contributed by atoms with Crippen LogP contribution in [-0.2, 0) is 0 Å². The van der Waals surface area contributed by atoms with Gasteiger partial charge in [-0.3, -0.25) is 0 Å². The van der Waals surface area contributed by atoms with E-state index in [2.05, 4.69) is 64.1 Å². The molecule has 1 heteroatoms. The zero-order chi connectivity index (χ0) is 12.4. The number of hydrogen-bond donors (Lipinski definition) is 0. The molecule has 0 aromatic heterocycles. The van der Waals surface area contributed by atoms with E-state index in [0.29, 0.717) is 0 Å². The minimum atomic E-state index is 0.767. The van der Waals surface area contributed by atoms with E-state index in [9.17, 15) is 0 Å². The Morgan fingerprint density at radius 3 is 1.41 bits per heavy atom. The second-order valence-electron chi connectivity index (χ2n) is 4.76. The van der Waals surface area contributed by atoms with Gasteiger partial charge in [0.25, 0.3) is 0 Å². The molecule has 0 saturated carbocycles. The highest BCUT2D eigenvalue weighted by Gasteiger charge is 2.03. The fourth-order valence-electron chi connectivity index (χ4n) is 2.05. The third-order valence-corrected chi connectivity index (χ3v) is 4.69. The topological polar surface area (TPSA) is 0 Å². The minimum absolute atomic E-state index is 0.767. The first-order valence-corrected chi connectivity index (χ1v) is 6.98. The van der Waals surface area contributed by atoms with Crippen LogP contribution in [0.5, 0.6) is 0 Å². The maximum Gasteiger partial charge on any atom is -0.0197 e. The Bertz CT molecular complexity index is 492. The molecule has 2 aromatic rings. The third kappa shape index (κ3) is 2.96. The summed E-state index contributed by atoms with van der Waals surface area (Å²) in [7, 11) is 0.767. The van der Waals surface area contributed by atoms with Gasteiger partial charge in [-0.2, -0.15) is 0 Å². The summed E-state index contributed by atoms with van der Waals surface area (Å²) < 4.78 is 0. The summed E-state index contributed by atoms with van der Waals surface area (Å²) in [6, 6.07) is 13.5. The van der Waals surface area contributed by atoms with E-state index in [4.69, 9.17) is 0 Å². The van der Waals surface area contributed by atoms with Crippen LogP contribution in [0.1, 0.15) is 22.3 Å². The van der Waals surface area contributed by atoms with E-state index in [1.54, 1.807) is 0 Å². The lowest BCUT2D eigenvalue weighted by Gasteiger charge is -2.10. The van der Waals surface area contributed by atoms with Gasteiger partial charge in [0, 0.05) is 0 Å². The molecule has 0 bridgehead atoms. The van der Waals surface area contributed by atoms with Crippen molar-refractivity contribution in [3.05, 3.63) is 58.7 Å². The SMILES string of the molecule is Cc1ccc(Pc2ccc(C)cc2C)c(C)c1. The molecule has 0 unspecified atom stereocenters. The average Bonchev–Trinajstić information content (AvgIpc) is 2.25. The van der Waals surface area contributed by atoms with Crippen LogP contribution in [0.2, 0.25) is 0 Å². The van der Waals surface area contributed by atoms with Crippen molar-refractivity contribution in [2.24, 2.45) is 0 Å². The normalized spacial score (nSPS) is 10.6. The molecule has 0 aliphatic rings. The molecule has 0 amide bonds. The van der Waals surface area contributed by atoms with Crippen molar-refractivity contribution in [2.45, 2.75) is 27.7 Å². The molecule has 0 aliphatic heterocycles. The van der Waals surface area contributed by atoms with Gasteiger partial charge in [-0.25, -0.2) is 0 Å². The molecule has 0 radical (unpaired) electrons. The average molecular weight is 242 g/mol. The second kappa shape index (κ2) is 5.02. The summed E-state index contributed by atoms with van der Waals surface area (Å²) in [5.41, 5.74) is 5.50. The van der Waals surface area contributed by atoms with E-state index in [1.165, 1.54) is 32.9 Å². The molecular weight excluding hydrogens is 223 g/mol. The van der Waals surface area contributed by atoms with Gasteiger partial charge in [0.05, 0.1) is 0 Å². The first kappa shape index (κ1) is 12.3. The van der Waals surface area contributed by atoms with Crippen LogP contribution < -0.4 is 10.6 Å². The molecule has 0 spiro atoms. The van der Waals surface area contributed by atoms with Crippen LogP contribution >= 0.6 is 8.58 Å². The lowest BCUT2D eigenvalue weighted by atomic mass is 10.2. The van der Waals surface area contributed by atoms with E-state index in [0.717, 1.165) is 8.58 Å². The molecule has 2 aromatic carbocycles. The van der Waals surface area contributed by atoms with Gasteiger partial charge in [-0.15, -0.1) is 0 Å². The van der Waals surface area contributed by atoms with Crippen molar-refractivity contribution >= 4 is 19.2 Å². The molecule has 0 heterocycles. The van der Waals surface area contributed by atoms with Gasteiger partial charge >= 0.3 is 0 Å². The van der Waals surface area contributed by atoms with Crippen LogP contribution in [-0.4, -0.2) is 0 Å². The highest BCUT2D eigenvalue weighted by atomic mass is 31.1. The maximum absolute atomic E-state index is 2.27. The lowest BCUT2D eigenvalue weighted by Crippen LogP contribution is -2.09. The minimum Gasteiger partial charge on any atom is -0.0587 e. The summed E-state index contributed by atoms with van der Waals surface area (Å²) in [5, 5.41) is 2.92. The van der Waals surface area contributed by atoms with Crippen molar-refractivity contribution in [3.63, 3.8) is 0 Å². The van der Waals surface area contributed by atoms with Crippen LogP contribution in [0.15, 0.2) is 36.4 Å². The summed E-state index contributed by atoms with van der Waals surface area (Å²) in [5.74, 6) is 0. The number of hydrogen-bond acceptors (Lipinski definition) is 0. The fraction of sp³-hybridized carbons (Fsp3) is 0.250. The Morgan fingerprint density at radius 2 is 1.06 bits per heavy atom. The predicted molar refractivity (Wildman–Crippen MR) is 79.4 cm³/mol. The van der Waals surface area contributed by atoms with Crippen molar-refractivity contribution < 1.29 is 0 Å². The molecule has 17 heavy (non-hydrogen) atoms. The Kier molecular flexibility index (Phi) is 3.64. The van der Waals surface area contributed by atoms with Gasteiger partial charge < -0.3 is 0 Å². The van der Waals surface area contributed by atoms with Gasteiger partial charge in [-0.1, -0.05) is 56.1 Å². The standard InChI is InChI=1S/C16H19P/c1-11-5-7-15(13(3)9-11)17-16-8-6-12(2)10-14(16)4/h5-10,17H,1-4H3. The zero-order valence-electron chi connectivity index (χ0n) is 11.0.